The molecular weight excluding hydrogens is 709 g/mol. The molecule has 0 spiro atoms. The number of hydrogen-bond acceptors (Lipinski definition) is 7. The number of carbonyl (C=O) groups excluding carboxylic acids is 2. The summed E-state index contributed by atoms with van der Waals surface area (Å²) in [4.78, 5) is 30.8. The van der Waals surface area contributed by atoms with E-state index in [0.29, 0.717) is 15.8 Å². The van der Waals surface area contributed by atoms with Gasteiger partial charge in [-0.3, -0.25) is 9.78 Å². The zero-order valence-corrected chi connectivity index (χ0v) is 28.8. The highest BCUT2D eigenvalue weighted by molar-refractivity contribution is 7.89. The standard InChI is InChI=1S/C37H34F5N3O6S/c1-50-37(47)26-14-13-25(18-29(26)51-21-22-8-4-2-5-9-22)44(20-23-12-15-27(43-19-23)24-10-6-3-7-11-24)36(46)28-16-17-45(28)52(48,49)35-33(41)31(39)30(38)32(40)34(35)42/h2,4-5,8-9,12-15,18-19,24,28H,3,6-7,10-11,16-17,20-21H2,1H3/t28-/m1/s1. The maximum absolute atomic E-state index is 14.7. The molecule has 9 nitrogen and oxygen atoms in total. The van der Waals surface area contributed by atoms with E-state index >= 15 is 0 Å². The molecule has 52 heavy (non-hydrogen) atoms. The van der Waals surface area contributed by atoms with Crippen LogP contribution in [-0.2, 0) is 32.7 Å². The molecule has 1 aromatic heterocycles. The van der Waals surface area contributed by atoms with Gasteiger partial charge in [-0.2, -0.15) is 4.31 Å². The summed E-state index contributed by atoms with van der Waals surface area (Å²) in [5, 5.41) is 0. The number of methoxy groups -OCH3 is 1. The first-order chi connectivity index (χ1) is 24.9. The second-order valence-corrected chi connectivity index (χ2v) is 14.4. The van der Waals surface area contributed by atoms with E-state index in [2.05, 4.69) is 4.98 Å². The van der Waals surface area contributed by atoms with Crippen molar-refractivity contribution in [2.24, 2.45) is 0 Å². The van der Waals surface area contributed by atoms with Gasteiger partial charge in [0.15, 0.2) is 28.2 Å². The lowest BCUT2D eigenvalue weighted by Gasteiger charge is -2.41. The highest BCUT2D eigenvalue weighted by Gasteiger charge is 2.48. The third-order valence-electron chi connectivity index (χ3n) is 9.39. The summed E-state index contributed by atoms with van der Waals surface area (Å²) < 4.78 is 110. The van der Waals surface area contributed by atoms with Crippen molar-refractivity contribution in [1.82, 2.24) is 9.29 Å². The number of rotatable bonds is 11. The van der Waals surface area contributed by atoms with Crippen LogP contribution in [0.4, 0.5) is 27.6 Å². The lowest BCUT2D eigenvalue weighted by Crippen LogP contribution is -2.59. The van der Waals surface area contributed by atoms with Crippen LogP contribution >= 0.6 is 0 Å². The Kier molecular flexibility index (Phi) is 10.9. The smallest absolute Gasteiger partial charge is 0.341 e. The van der Waals surface area contributed by atoms with Crippen LogP contribution in [0.1, 0.15) is 71.6 Å². The first kappa shape index (κ1) is 36.9. The fourth-order valence-electron chi connectivity index (χ4n) is 6.47. The Labute approximate surface area is 297 Å². The second-order valence-electron chi connectivity index (χ2n) is 12.6. The van der Waals surface area contributed by atoms with Gasteiger partial charge < -0.3 is 14.4 Å². The number of aromatic nitrogens is 1. The number of sulfonamides is 1. The molecule has 274 valence electrons. The highest BCUT2D eigenvalue weighted by Crippen LogP contribution is 2.37. The first-order valence-electron chi connectivity index (χ1n) is 16.6. The Morgan fingerprint density at radius 3 is 2.12 bits per heavy atom. The van der Waals surface area contributed by atoms with Crippen LogP contribution in [0.5, 0.6) is 5.75 Å². The molecule has 6 rings (SSSR count). The van der Waals surface area contributed by atoms with Crippen LogP contribution in [0.15, 0.2) is 71.8 Å². The fraction of sp³-hybridized carbons (Fsp3) is 0.324. The van der Waals surface area contributed by atoms with Crippen LogP contribution in [0.2, 0.25) is 0 Å². The monoisotopic (exact) mass is 743 g/mol. The van der Waals surface area contributed by atoms with Gasteiger partial charge in [0, 0.05) is 36.1 Å². The van der Waals surface area contributed by atoms with Crippen molar-refractivity contribution in [3.05, 3.63) is 118 Å². The van der Waals surface area contributed by atoms with Gasteiger partial charge in [0.1, 0.15) is 24.0 Å². The van der Waals surface area contributed by atoms with Crippen molar-refractivity contribution < 1.29 is 49.4 Å². The summed E-state index contributed by atoms with van der Waals surface area (Å²) in [5.41, 5.74) is 2.40. The van der Waals surface area contributed by atoms with Gasteiger partial charge in [-0.1, -0.05) is 55.7 Å². The zero-order chi connectivity index (χ0) is 37.2. The Bertz CT molecular complexity index is 2050. The molecule has 3 aromatic carbocycles. The summed E-state index contributed by atoms with van der Waals surface area (Å²) in [7, 11) is -4.22. The molecule has 2 heterocycles. The summed E-state index contributed by atoms with van der Waals surface area (Å²) in [5.74, 6) is -13.7. The summed E-state index contributed by atoms with van der Waals surface area (Å²) in [6, 6.07) is 15.3. The van der Waals surface area contributed by atoms with Gasteiger partial charge in [0.25, 0.3) is 0 Å². The predicted molar refractivity (Wildman–Crippen MR) is 178 cm³/mol. The number of benzene rings is 3. The zero-order valence-electron chi connectivity index (χ0n) is 28.0. The number of ether oxygens (including phenoxy) is 2. The van der Waals surface area contributed by atoms with Crippen molar-refractivity contribution in [2.45, 2.75) is 68.5 Å². The number of pyridine rings is 1. The largest absolute Gasteiger partial charge is 0.488 e. The van der Waals surface area contributed by atoms with E-state index in [1.54, 1.807) is 36.5 Å². The van der Waals surface area contributed by atoms with Crippen molar-refractivity contribution >= 4 is 27.6 Å². The lowest BCUT2D eigenvalue weighted by molar-refractivity contribution is -0.125. The molecule has 1 saturated carbocycles. The number of anilines is 1. The van der Waals surface area contributed by atoms with Crippen molar-refractivity contribution in [3.63, 3.8) is 0 Å². The van der Waals surface area contributed by atoms with Crippen molar-refractivity contribution in [3.8, 4) is 5.75 Å². The van der Waals surface area contributed by atoms with E-state index in [1.165, 1.54) is 30.2 Å². The molecule has 0 radical (unpaired) electrons. The summed E-state index contributed by atoms with van der Waals surface area (Å²) in [6.07, 6.45) is 6.84. The molecule has 2 fully saturated rings. The van der Waals surface area contributed by atoms with Gasteiger partial charge in [-0.15, -0.1) is 0 Å². The van der Waals surface area contributed by atoms with Crippen LogP contribution in [0, 0.1) is 29.1 Å². The molecule has 1 aliphatic carbocycles. The number of hydrogen-bond donors (Lipinski definition) is 0. The van der Waals surface area contributed by atoms with Crippen LogP contribution < -0.4 is 9.64 Å². The average Bonchev–Trinajstić information content (AvgIpc) is 3.14. The van der Waals surface area contributed by atoms with Crippen LogP contribution in [0.25, 0.3) is 0 Å². The number of amides is 1. The van der Waals surface area contributed by atoms with Gasteiger partial charge in [-0.25, -0.2) is 35.2 Å². The highest BCUT2D eigenvalue weighted by atomic mass is 32.2. The van der Waals surface area contributed by atoms with Gasteiger partial charge >= 0.3 is 5.97 Å². The molecule has 1 atom stereocenters. The molecule has 1 aliphatic heterocycles. The third-order valence-corrected chi connectivity index (χ3v) is 11.3. The topological polar surface area (TPSA) is 106 Å². The van der Waals surface area contributed by atoms with E-state index < -0.39 is 68.5 Å². The minimum absolute atomic E-state index is 0.0331. The third kappa shape index (κ3) is 7.24. The Hall–Kier alpha value is -4.89. The average molecular weight is 744 g/mol. The van der Waals surface area contributed by atoms with E-state index in [9.17, 15) is 40.0 Å². The van der Waals surface area contributed by atoms with Crippen LogP contribution in [-0.4, -0.2) is 49.3 Å². The maximum Gasteiger partial charge on any atom is 0.341 e. The quantitative estimate of drug-likeness (QED) is 0.0694. The Morgan fingerprint density at radius 2 is 1.52 bits per heavy atom. The van der Waals surface area contributed by atoms with Gasteiger partial charge in [0.05, 0.1) is 13.7 Å². The molecular formula is C37H34F5N3O6S. The number of carbonyl (C=O) groups is 2. The van der Waals surface area contributed by atoms with Crippen molar-refractivity contribution in [1.29, 1.82) is 0 Å². The molecule has 0 bridgehead atoms. The molecule has 2 aliphatic rings. The van der Waals surface area contributed by atoms with E-state index in [1.807, 2.05) is 12.1 Å². The predicted octanol–water partition coefficient (Wildman–Crippen LogP) is 7.19. The lowest BCUT2D eigenvalue weighted by atomic mass is 9.86. The molecule has 0 unspecified atom stereocenters. The van der Waals surface area contributed by atoms with E-state index in [-0.39, 0.29) is 36.6 Å². The normalized spacial score (nSPS) is 16.6. The maximum atomic E-state index is 14.7. The van der Waals surface area contributed by atoms with Gasteiger partial charge in [0.2, 0.25) is 21.7 Å². The molecule has 15 heteroatoms. The molecule has 4 aromatic rings. The summed E-state index contributed by atoms with van der Waals surface area (Å²) in [6.45, 7) is -0.568. The van der Waals surface area contributed by atoms with Crippen molar-refractivity contribution in [2.75, 3.05) is 18.6 Å². The summed E-state index contributed by atoms with van der Waals surface area (Å²) >= 11 is 0. The van der Waals surface area contributed by atoms with E-state index in [4.69, 9.17) is 9.47 Å². The number of nitrogens with zero attached hydrogens (tertiary/aromatic N) is 3. The minimum atomic E-state index is -5.40. The number of esters is 1. The molecule has 1 saturated heterocycles. The Balaban J connectivity index is 1.37. The Morgan fingerprint density at radius 1 is 0.846 bits per heavy atom. The van der Waals surface area contributed by atoms with E-state index in [0.717, 1.165) is 43.4 Å². The second kappa shape index (κ2) is 15.4. The number of halogens is 5. The fourth-order valence-corrected chi connectivity index (χ4v) is 8.21. The molecule has 0 N–H and O–H groups in total. The molecule has 1 amide bonds. The SMILES string of the molecule is COC(=O)c1ccc(N(Cc2ccc(C3CCCCC3)nc2)C(=O)[C@H]2CCN2S(=O)(=O)c2c(F)c(F)c(F)c(F)c2F)cc1OCc1ccccc1. The van der Waals surface area contributed by atoms with Crippen LogP contribution in [0.3, 0.4) is 0 Å². The minimum Gasteiger partial charge on any atom is -0.488 e. The first-order valence-corrected chi connectivity index (χ1v) is 18.0. The van der Waals surface area contributed by atoms with Gasteiger partial charge in [-0.05, 0) is 48.6 Å².